The summed E-state index contributed by atoms with van der Waals surface area (Å²) < 4.78 is 0. The minimum absolute atomic E-state index is 0.00745. The summed E-state index contributed by atoms with van der Waals surface area (Å²) in [6, 6.07) is 8.48. The molecule has 1 aromatic carbocycles. The van der Waals surface area contributed by atoms with E-state index in [1.807, 2.05) is 13.8 Å². The molecule has 1 atom stereocenters. The lowest BCUT2D eigenvalue weighted by Crippen LogP contribution is -2.05. The maximum Gasteiger partial charge on any atom is 0.196 e. The van der Waals surface area contributed by atoms with Crippen LogP contribution in [0, 0.1) is 5.92 Å². The van der Waals surface area contributed by atoms with E-state index in [2.05, 4.69) is 38.1 Å². The maximum atomic E-state index is 11.8. The lowest BCUT2D eigenvalue weighted by Gasteiger charge is -2.11. The highest BCUT2D eigenvalue weighted by molar-refractivity contribution is 8.13. The van der Waals surface area contributed by atoms with Crippen molar-refractivity contribution in [3.8, 4) is 0 Å². The van der Waals surface area contributed by atoms with Crippen LogP contribution in [0.15, 0.2) is 24.3 Å². The van der Waals surface area contributed by atoms with Gasteiger partial charge in [-0.3, -0.25) is 4.79 Å². The monoisotopic (exact) mass is 250 g/mol. The molecule has 0 radical (unpaired) electrons. The minimum atomic E-state index is 0.00745. The molecule has 0 aliphatic carbocycles. The molecule has 1 rings (SSSR count). The molecule has 0 fully saturated rings. The van der Waals surface area contributed by atoms with Gasteiger partial charge < -0.3 is 0 Å². The van der Waals surface area contributed by atoms with Gasteiger partial charge in [-0.25, -0.2) is 0 Å². The molecule has 0 aliphatic rings. The van der Waals surface area contributed by atoms with Crippen molar-refractivity contribution in [2.24, 2.45) is 5.92 Å². The van der Waals surface area contributed by atoms with Crippen LogP contribution in [0.1, 0.15) is 44.7 Å². The molecule has 1 aromatic rings. The lowest BCUT2D eigenvalue weighted by atomic mass is 9.97. The smallest absolute Gasteiger partial charge is 0.196 e. The molecule has 0 aliphatic heterocycles. The van der Waals surface area contributed by atoms with E-state index in [1.54, 1.807) is 0 Å². The van der Waals surface area contributed by atoms with E-state index in [1.165, 1.54) is 17.3 Å². The molecule has 0 aromatic heterocycles. The number of hydrogen-bond donors (Lipinski definition) is 0. The maximum absolute atomic E-state index is 11.8. The topological polar surface area (TPSA) is 17.1 Å². The van der Waals surface area contributed by atoms with Crippen molar-refractivity contribution in [2.75, 3.05) is 5.75 Å². The standard InChI is InChI=1S/C15H22OS/c1-5-17-15(16)12(4)14-8-6-13(7-9-14)10-11(2)3/h6-9,11-12H,5,10H2,1-4H3/t12-/m1/s1. The summed E-state index contributed by atoms with van der Waals surface area (Å²) in [5.74, 6) is 1.54. The van der Waals surface area contributed by atoms with Gasteiger partial charge in [0.25, 0.3) is 0 Å². The zero-order chi connectivity index (χ0) is 12.8. The summed E-state index contributed by atoms with van der Waals surface area (Å²) in [5.41, 5.74) is 2.48. The van der Waals surface area contributed by atoms with Crippen molar-refractivity contribution in [3.63, 3.8) is 0 Å². The molecule has 0 heterocycles. The first-order valence-corrected chi connectivity index (χ1v) is 7.28. The number of carbonyl (C=O) groups is 1. The Morgan fingerprint density at radius 3 is 2.24 bits per heavy atom. The molecular weight excluding hydrogens is 228 g/mol. The second-order valence-corrected chi connectivity index (χ2v) is 6.08. The summed E-state index contributed by atoms with van der Waals surface area (Å²) in [5, 5.41) is 0.268. The summed E-state index contributed by atoms with van der Waals surface area (Å²) in [7, 11) is 0. The van der Waals surface area contributed by atoms with Gasteiger partial charge in [0.1, 0.15) is 0 Å². The van der Waals surface area contributed by atoms with E-state index in [0.29, 0.717) is 5.92 Å². The zero-order valence-corrected chi connectivity index (χ0v) is 12.0. The van der Waals surface area contributed by atoms with Gasteiger partial charge in [-0.1, -0.05) is 63.7 Å². The van der Waals surface area contributed by atoms with Crippen LogP contribution in [0.2, 0.25) is 0 Å². The fourth-order valence-corrected chi connectivity index (χ4v) is 2.49. The second kappa shape index (κ2) is 6.85. The van der Waals surface area contributed by atoms with Crippen molar-refractivity contribution in [1.82, 2.24) is 0 Å². The first kappa shape index (κ1) is 14.3. The fraction of sp³-hybridized carbons (Fsp3) is 0.533. The lowest BCUT2D eigenvalue weighted by molar-refractivity contribution is -0.111. The molecule has 0 N–H and O–H groups in total. The quantitative estimate of drug-likeness (QED) is 0.776. The number of rotatable bonds is 5. The fourth-order valence-electron chi connectivity index (χ4n) is 1.82. The van der Waals surface area contributed by atoms with E-state index in [0.717, 1.165) is 17.7 Å². The molecule has 0 unspecified atom stereocenters. The first-order valence-electron chi connectivity index (χ1n) is 6.30. The van der Waals surface area contributed by atoms with Gasteiger partial charge in [0, 0.05) is 0 Å². The number of hydrogen-bond acceptors (Lipinski definition) is 2. The molecule has 0 spiro atoms. The molecule has 1 nitrogen and oxygen atoms in total. The number of carbonyl (C=O) groups excluding carboxylic acids is 1. The summed E-state index contributed by atoms with van der Waals surface area (Å²) in [6.07, 6.45) is 1.10. The molecule has 0 saturated carbocycles. The van der Waals surface area contributed by atoms with Gasteiger partial charge in [0.05, 0.1) is 5.92 Å². The minimum Gasteiger partial charge on any atom is -0.287 e. The van der Waals surface area contributed by atoms with E-state index in [4.69, 9.17) is 0 Å². The van der Waals surface area contributed by atoms with Crippen LogP contribution in [0.25, 0.3) is 0 Å². The van der Waals surface area contributed by atoms with Gasteiger partial charge in [-0.15, -0.1) is 0 Å². The van der Waals surface area contributed by atoms with Crippen LogP contribution >= 0.6 is 11.8 Å². The van der Waals surface area contributed by atoms with Gasteiger partial charge in [-0.2, -0.15) is 0 Å². The predicted molar refractivity (Wildman–Crippen MR) is 76.5 cm³/mol. The third-order valence-corrected chi connectivity index (χ3v) is 3.69. The van der Waals surface area contributed by atoms with Crippen molar-refractivity contribution in [1.29, 1.82) is 0 Å². The van der Waals surface area contributed by atoms with Gasteiger partial charge in [0.15, 0.2) is 5.12 Å². The van der Waals surface area contributed by atoms with Crippen LogP contribution in [0.5, 0.6) is 0 Å². The SMILES string of the molecule is CCSC(=O)[C@H](C)c1ccc(CC(C)C)cc1. The molecule has 94 valence electrons. The molecular formula is C15H22OS. The van der Waals surface area contributed by atoms with Crippen molar-refractivity contribution < 1.29 is 4.79 Å². The van der Waals surface area contributed by atoms with Gasteiger partial charge in [-0.05, 0) is 29.2 Å². The van der Waals surface area contributed by atoms with Crippen LogP contribution in [0.3, 0.4) is 0 Å². The average Bonchev–Trinajstić information content (AvgIpc) is 2.28. The van der Waals surface area contributed by atoms with Crippen molar-refractivity contribution in [2.45, 2.75) is 40.0 Å². The second-order valence-electron chi connectivity index (χ2n) is 4.81. The highest BCUT2D eigenvalue weighted by Crippen LogP contribution is 2.22. The van der Waals surface area contributed by atoms with Crippen molar-refractivity contribution >= 4 is 16.9 Å². The van der Waals surface area contributed by atoms with E-state index >= 15 is 0 Å². The molecule has 0 bridgehead atoms. The molecule has 0 saturated heterocycles. The average molecular weight is 250 g/mol. The van der Waals surface area contributed by atoms with E-state index < -0.39 is 0 Å². The third kappa shape index (κ3) is 4.55. The third-order valence-electron chi connectivity index (χ3n) is 2.76. The normalized spacial score (nSPS) is 12.8. The van der Waals surface area contributed by atoms with E-state index in [-0.39, 0.29) is 11.0 Å². The van der Waals surface area contributed by atoms with Crippen molar-refractivity contribution in [3.05, 3.63) is 35.4 Å². The Morgan fingerprint density at radius 1 is 1.18 bits per heavy atom. The predicted octanol–water partition coefficient (Wildman–Crippen LogP) is 4.27. The molecule has 2 heteroatoms. The van der Waals surface area contributed by atoms with Crippen LogP contribution in [-0.4, -0.2) is 10.9 Å². The molecule has 17 heavy (non-hydrogen) atoms. The zero-order valence-electron chi connectivity index (χ0n) is 11.2. The number of thioether (sulfide) groups is 1. The highest BCUT2D eigenvalue weighted by Gasteiger charge is 2.14. The van der Waals surface area contributed by atoms with Crippen LogP contribution < -0.4 is 0 Å². The number of benzene rings is 1. The Kier molecular flexibility index (Phi) is 5.76. The van der Waals surface area contributed by atoms with Crippen LogP contribution in [-0.2, 0) is 11.2 Å². The largest absolute Gasteiger partial charge is 0.287 e. The molecule has 0 amide bonds. The van der Waals surface area contributed by atoms with Gasteiger partial charge >= 0.3 is 0 Å². The Morgan fingerprint density at radius 2 is 1.76 bits per heavy atom. The Labute approximate surface area is 109 Å². The van der Waals surface area contributed by atoms with E-state index in [9.17, 15) is 4.79 Å². The van der Waals surface area contributed by atoms with Crippen LogP contribution in [0.4, 0.5) is 0 Å². The summed E-state index contributed by atoms with van der Waals surface area (Å²) in [6.45, 7) is 8.44. The highest BCUT2D eigenvalue weighted by atomic mass is 32.2. The Hall–Kier alpha value is -0.760. The first-order chi connectivity index (χ1) is 8.04. The Balaban J connectivity index is 2.70. The summed E-state index contributed by atoms with van der Waals surface area (Å²) in [4.78, 5) is 11.8. The van der Waals surface area contributed by atoms with Gasteiger partial charge in [0.2, 0.25) is 0 Å². The Bertz CT molecular complexity index is 354. The summed E-state index contributed by atoms with van der Waals surface area (Å²) >= 11 is 1.41.